The highest BCUT2D eigenvalue weighted by Crippen LogP contribution is 2.58. The summed E-state index contributed by atoms with van der Waals surface area (Å²) in [5.74, 6) is -0.170. The summed E-state index contributed by atoms with van der Waals surface area (Å²) in [6, 6.07) is 4.64. The summed E-state index contributed by atoms with van der Waals surface area (Å²) in [4.78, 5) is -0.0101. The van der Waals surface area contributed by atoms with Crippen LogP contribution < -0.4 is 4.74 Å². The third-order valence-corrected chi connectivity index (χ3v) is 5.90. The van der Waals surface area contributed by atoms with Gasteiger partial charge in [0.25, 0.3) is 0 Å². The first-order chi connectivity index (χ1) is 8.38. The molecular weight excluding hydrogens is 381 g/mol. The van der Waals surface area contributed by atoms with Crippen molar-refractivity contribution in [2.45, 2.75) is 28.2 Å². The molecule has 3 rings (SSSR count). The maximum absolute atomic E-state index is 12.3. The fourth-order valence-corrected chi connectivity index (χ4v) is 3.79. The molecule has 98 valence electrons. The smallest absolute Gasteiger partial charge is 0.405 e. The minimum absolute atomic E-state index is 0.0520. The maximum Gasteiger partial charge on any atom is 0.573 e. The molecule has 2 bridgehead atoms. The molecule has 4 atom stereocenters. The second-order valence-electron chi connectivity index (χ2n) is 4.17. The van der Waals surface area contributed by atoms with Gasteiger partial charge in [-0.1, -0.05) is 44.0 Å². The summed E-state index contributed by atoms with van der Waals surface area (Å²) in [6.45, 7) is 0. The quantitative estimate of drug-likeness (QED) is 0.671. The molecule has 0 aliphatic carbocycles. The van der Waals surface area contributed by atoms with Gasteiger partial charge in [-0.2, -0.15) is 0 Å². The summed E-state index contributed by atoms with van der Waals surface area (Å²) in [5, 5.41) is 0. The normalized spacial score (nSPS) is 33.6. The number of ether oxygens (including phenoxy) is 2. The van der Waals surface area contributed by atoms with Gasteiger partial charge in [-0.25, -0.2) is 0 Å². The molecule has 1 saturated heterocycles. The van der Waals surface area contributed by atoms with Gasteiger partial charge in [-0.15, -0.1) is 13.2 Å². The molecule has 7 heteroatoms. The van der Waals surface area contributed by atoms with Crippen LogP contribution in [0.4, 0.5) is 13.2 Å². The number of hydrogen-bond donors (Lipinski definition) is 0. The van der Waals surface area contributed by atoms with Crippen LogP contribution in [0.15, 0.2) is 18.2 Å². The van der Waals surface area contributed by atoms with Crippen molar-refractivity contribution < 1.29 is 22.6 Å². The SMILES string of the molecule is FC(F)(F)Oc1cccc2c1[C@H]1O[C@@H]2[C@@H](Br)[C@@H]1Br. The van der Waals surface area contributed by atoms with Crippen LogP contribution in [0.1, 0.15) is 23.3 Å². The topological polar surface area (TPSA) is 18.5 Å². The zero-order valence-corrected chi connectivity index (χ0v) is 11.9. The Morgan fingerprint density at radius 1 is 1.11 bits per heavy atom. The van der Waals surface area contributed by atoms with Crippen molar-refractivity contribution in [1.82, 2.24) is 0 Å². The molecule has 0 saturated carbocycles. The van der Waals surface area contributed by atoms with Gasteiger partial charge in [0.05, 0.1) is 15.8 Å². The van der Waals surface area contributed by atoms with Crippen LogP contribution in [0.5, 0.6) is 5.75 Å². The molecule has 18 heavy (non-hydrogen) atoms. The lowest BCUT2D eigenvalue weighted by Crippen LogP contribution is -2.24. The Hall–Kier alpha value is -0.270. The molecule has 1 aromatic rings. The highest BCUT2D eigenvalue weighted by atomic mass is 79.9. The third-order valence-electron chi connectivity index (χ3n) is 3.09. The highest BCUT2D eigenvalue weighted by Gasteiger charge is 2.52. The van der Waals surface area contributed by atoms with Crippen LogP contribution >= 0.6 is 31.9 Å². The molecule has 1 fully saturated rings. The van der Waals surface area contributed by atoms with E-state index in [1.54, 1.807) is 12.1 Å². The van der Waals surface area contributed by atoms with Gasteiger partial charge in [0, 0.05) is 5.56 Å². The molecule has 0 aromatic heterocycles. The molecule has 2 aliphatic rings. The van der Waals surface area contributed by atoms with E-state index in [4.69, 9.17) is 4.74 Å². The summed E-state index contributed by atoms with van der Waals surface area (Å²) in [5.41, 5.74) is 1.26. The van der Waals surface area contributed by atoms with Crippen molar-refractivity contribution in [2.75, 3.05) is 0 Å². The summed E-state index contributed by atoms with van der Waals surface area (Å²) in [6.07, 6.45) is -5.33. The van der Waals surface area contributed by atoms with Crippen LogP contribution in [-0.2, 0) is 4.74 Å². The molecule has 0 spiro atoms. The van der Waals surface area contributed by atoms with E-state index >= 15 is 0 Å². The van der Waals surface area contributed by atoms with Crippen molar-refractivity contribution in [1.29, 1.82) is 0 Å². The van der Waals surface area contributed by atoms with Crippen LogP contribution in [-0.4, -0.2) is 16.0 Å². The highest BCUT2D eigenvalue weighted by molar-refractivity contribution is 9.12. The molecule has 0 radical (unpaired) electrons. The van der Waals surface area contributed by atoms with E-state index < -0.39 is 12.5 Å². The Kier molecular flexibility index (Phi) is 2.91. The first-order valence-electron chi connectivity index (χ1n) is 5.20. The lowest BCUT2D eigenvalue weighted by atomic mass is 9.91. The van der Waals surface area contributed by atoms with Gasteiger partial charge in [0.15, 0.2) is 0 Å². The molecule has 2 heterocycles. The van der Waals surface area contributed by atoms with Gasteiger partial charge >= 0.3 is 6.36 Å². The van der Waals surface area contributed by atoms with Gasteiger partial charge in [-0.3, -0.25) is 0 Å². The van der Waals surface area contributed by atoms with Crippen LogP contribution in [0.2, 0.25) is 0 Å². The van der Waals surface area contributed by atoms with Gasteiger partial charge in [0.1, 0.15) is 11.9 Å². The van der Waals surface area contributed by atoms with E-state index in [1.165, 1.54) is 6.07 Å². The second-order valence-corrected chi connectivity index (χ2v) is 6.29. The molecule has 1 aromatic carbocycles. The van der Waals surface area contributed by atoms with E-state index in [0.717, 1.165) is 5.56 Å². The van der Waals surface area contributed by atoms with E-state index in [9.17, 15) is 13.2 Å². The number of halogens is 5. The fraction of sp³-hybridized carbons (Fsp3) is 0.455. The average Bonchev–Trinajstić information content (AvgIpc) is 2.76. The van der Waals surface area contributed by atoms with E-state index in [-0.39, 0.29) is 21.5 Å². The van der Waals surface area contributed by atoms with Gasteiger partial charge < -0.3 is 9.47 Å². The summed E-state index contributed by atoms with van der Waals surface area (Å²) < 4.78 is 46.8. The van der Waals surface area contributed by atoms with Gasteiger partial charge in [-0.05, 0) is 11.6 Å². The van der Waals surface area contributed by atoms with Crippen molar-refractivity contribution in [3.05, 3.63) is 29.3 Å². The standard InChI is InChI=1S/C11H7Br2F3O2/c12-7-8(13)10-6-4(9(7)17-10)2-1-3-5(6)18-11(14,15)16/h1-3,7-10H/t7-,8-,9-,10+/m0/s1. The van der Waals surface area contributed by atoms with Gasteiger partial charge in [0.2, 0.25) is 0 Å². The van der Waals surface area contributed by atoms with Crippen molar-refractivity contribution in [2.24, 2.45) is 0 Å². The fourth-order valence-electron chi connectivity index (χ4n) is 2.44. The van der Waals surface area contributed by atoms with Crippen molar-refractivity contribution in [3.8, 4) is 5.75 Å². The molecule has 0 N–H and O–H groups in total. The Bertz CT molecular complexity index is 492. The Morgan fingerprint density at radius 3 is 2.44 bits per heavy atom. The lowest BCUT2D eigenvalue weighted by Gasteiger charge is -2.23. The van der Waals surface area contributed by atoms with E-state index in [2.05, 4.69) is 36.6 Å². The minimum Gasteiger partial charge on any atom is -0.405 e. The lowest BCUT2D eigenvalue weighted by molar-refractivity contribution is -0.275. The monoisotopic (exact) mass is 386 g/mol. The summed E-state index contributed by atoms with van der Waals surface area (Å²) in [7, 11) is 0. The van der Waals surface area contributed by atoms with Crippen molar-refractivity contribution in [3.63, 3.8) is 0 Å². The van der Waals surface area contributed by atoms with Crippen molar-refractivity contribution >= 4 is 31.9 Å². The minimum atomic E-state index is -4.69. The van der Waals surface area contributed by atoms with E-state index in [0.29, 0.717) is 5.56 Å². The number of hydrogen-bond acceptors (Lipinski definition) is 2. The number of rotatable bonds is 1. The maximum atomic E-state index is 12.3. The molecule has 0 unspecified atom stereocenters. The van der Waals surface area contributed by atoms with Crippen LogP contribution in [0, 0.1) is 0 Å². The molecular formula is C11H7Br2F3O2. The first kappa shape index (κ1) is 12.7. The number of fused-ring (bicyclic) bond motifs is 5. The predicted octanol–water partition coefficient (Wildman–Crippen LogP) is 4.24. The van der Waals surface area contributed by atoms with E-state index in [1.807, 2.05) is 0 Å². The summed E-state index contributed by atoms with van der Waals surface area (Å²) >= 11 is 6.92. The molecule has 0 amide bonds. The van der Waals surface area contributed by atoms with Crippen LogP contribution in [0.3, 0.4) is 0 Å². The zero-order chi connectivity index (χ0) is 13.1. The molecule has 2 nitrogen and oxygen atoms in total. The molecule has 2 aliphatic heterocycles. The third kappa shape index (κ3) is 1.87. The number of benzene rings is 1. The second kappa shape index (κ2) is 4.11. The first-order valence-corrected chi connectivity index (χ1v) is 7.04. The van der Waals surface area contributed by atoms with Crippen LogP contribution in [0.25, 0.3) is 0 Å². The number of alkyl halides is 5. The Morgan fingerprint density at radius 2 is 1.78 bits per heavy atom. The predicted molar refractivity (Wildman–Crippen MR) is 65.1 cm³/mol. The largest absolute Gasteiger partial charge is 0.573 e. The Labute approximate surface area is 118 Å². The zero-order valence-electron chi connectivity index (χ0n) is 8.75. The average molecular weight is 388 g/mol. The Balaban J connectivity index is 2.05.